The molecule has 0 spiro atoms. The summed E-state index contributed by atoms with van der Waals surface area (Å²) in [5.74, 6) is 2.03. The lowest BCUT2D eigenvalue weighted by Crippen LogP contribution is -2.27. The topological polar surface area (TPSA) is 68.5 Å². The van der Waals surface area contributed by atoms with Crippen LogP contribution in [0.5, 0.6) is 0 Å². The minimum Gasteiger partial charge on any atom is -0.465 e. The molecule has 0 amide bonds. The summed E-state index contributed by atoms with van der Waals surface area (Å²) in [5.41, 5.74) is 3.60. The number of allylic oxidation sites excluding steroid dienone is 1. The van der Waals surface area contributed by atoms with E-state index in [-0.39, 0.29) is 6.04 Å². The fourth-order valence-corrected chi connectivity index (χ4v) is 3.27. The standard InChI is InChI=1S/C22H23N3O3/c1-13(2)25(3)21-20(19-12-14-7-5-6-8-18(14)28-19)23-16-10-9-15(22(26)27-4)11-17(16)24-21/h5,7,9-13H,6,8H2,1-4H3. The number of furan rings is 1. The molecule has 0 saturated carbocycles. The van der Waals surface area contributed by atoms with Crippen LogP contribution in [-0.2, 0) is 11.2 Å². The molecular weight excluding hydrogens is 354 g/mol. The molecule has 0 fully saturated rings. The van der Waals surface area contributed by atoms with Gasteiger partial charge in [0.25, 0.3) is 0 Å². The number of aryl methyl sites for hydroxylation is 1. The summed E-state index contributed by atoms with van der Waals surface area (Å²) >= 11 is 0. The number of anilines is 1. The van der Waals surface area contributed by atoms with Gasteiger partial charge in [0.05, 0.1) is 23.7 Å². The van der Waals surface area contributed by atoms with Crippen molar-refractivity contribution in [2.75, 3.05) is 19.1 Å². The van der Waals surface area contributed by atoms with Crippen molar-refractivity contribution < 1.29 is 13.9 Å². The maximum atomic E-state index is 11.9. The number of ether oxygens (including phenoxy) is 1. The highest BCUT2D eigenvalue weighted by atomic mass is 16.5. The molecule has 0 N–H and O–H groups in total. The zero-order valence-electron chi connectivity index (χ0n) is 16.5. The van der Waals surface area contributed by atoms with Gasteiger partial charge in [-0.1, -0.05) is 12.2 Å². The van der Waals surface area contributed by atoms with Crippen LogP contribution in [0.4, 0.5) is 5.82 Å². The fraction of sp³-hybridized carbons (Fsp3) is 0.318. The molecular formula is C22H23N3O3. The van der Waals surface area contributed by atoms with Crippen LogP contribution < -0.4 is 4.90 Å². The third kappa shape index (κ3) is 3.15. The molecule has 28 heavy (non-hydrogen) atoms. The second-order valence-electron chi connectivity index (χ2n) is 7.23. The Bertz CT molecular complexity index is 1080. The molecule has 6 heteroatoms. The Morgan fingerprint density at radius 1 is 1.21 bits per heavy atom. The quantitative estimate of drug-likeness (QED) is 0.625. The number of hydrogen-bond donors (Lipinski definition) is 0. The van der Waals surface area contributed by atoms with E-state index in [9.17, 15) is 4.79 Å². The molecule has 0 radical (unpaired) electrons. The number of benzene rings is 1. The van der Waals surface area contributed by atoms with Crippen LogP contribution in [0.15, 0.2) is 34.8 Å². The Balaban J connectivity index is 1.91. The second kappa shape index (κ2) is 7.11. The number of rotatable bonds is 4. The van der Waals surface area contributed by atoms with Crippen molar-refractivity contribution in [2.24, 2.45) is 0 Å². The van der Waals surface area contributed by atoms with E-state index in [4.69, 9.17) is 19.1 Å². The number of hydrogen-bond acceptors (Lipinski definition) is 6. The monoisotopic (exact) mass is 377 g/mol. The largest absolute Gasteiger partial charge is 0.465 e. The molecule has 3 aromatic rings. The number of esters is 1. The van der Waals surface area contributed by atoms with Gasteiger partial charge in [0.15, 0.2) is 11.6 Å². The molecule has 2 heterocycles. The Kier molecular flexibility index (Phi) is 4.63. The van der Waals surface area contributed by atoms with Gasteiger partial charge in [-0.25, -0.2) is 14.8 Å². The summed E-state index contributed by atoms with van der Waals surface area (Å²) in [4.78, 5) is 23.6. The summed E-state index contributed by atoms with van der Waals surface area (Å²) in [6.07, 6.45) is 6.13. The second-order valence-corrected chi connectivity index (χ2v) is 7.23. The highest BCUT2D eigenvalue weighted by Gasteiger charge is 2.22. The smallest absolute Gasteiger partial charge is 0.337 e. The maximum Gasteiger partial charge on any atom is 0.337 e. The molecule has 1 aliphatic rings. The lowest BCUT2D eigenvalue weighted by Gasteiger charge is -2.24. The maximum absolute atomic E-state index is 11.9. The van der Waals surface area contributed by atoms with E-state index in [2.05, 4.69) is 30.9 Å². The minimum atomic E-state index is -0.392. The molecule has 0 atom stereocenters. The van der Waals surface area contributed by atoms with Crippen molar-refractivity contribution in [3.63, 3.8) is 0 Å². The molecule has 0 unspecified atom stereocenters. The first-order chi connectivity index (χ1) is 13.5. The van der Waals surface area contributed by atoms with Crippen LogP contribution in [0, 0.1) is 0 Å². The fourth-order valence-electron chi connectivity index (χ4n) is 3.27. The number of methoxy groups -OCH3 is 1. The Morgan fingerprint density at radius 2 is 2.04 bits per heavy atom. The van der Waals surface area contributed by atoms with Gasteiger partial charge in [0.1, 0.15) is 11.5 Å². The average molecular weight is 377 g/mol. The van der Waals surface area contributed by atoms with Gasteiger partial charge in [0, 0.05) is 25.1 Å². The molecule has 0 saturated heterocycles. The average Bonchev–Trinajstić information content (AvgIpc) is 3.15. The van der Waals surface area contributed by atoms with E-state index >= 15 is 0 Å². The van der Waals surface area contributed by atoms with Gasteiger partial charge < -0.3 is 14.1 Å². The molecule has 4 rings (SSSR count). The van der Waals surface area contributed by atoms with Gasteiger partial charge in [-0.2, -0.15) is 0 Å². The van der Waals surface area contributed by atoms with Crippen LogP contribution >= 0.6 is 0 Å². The number of aromatic nitrogens is 2. The van der Waals surface area contributed by atoms with E-state index in [0.29, 0.717) is 28.1 Å². The van der Waals surface area contributed by atoms with Crippen molar-refractivity contribution >= 4 is 28.9 Å². The lowest BCUT2D eigenvalue weighted by atomic mass is 10.1. The number of nitrogens with zero attached hydrogens (tertiary/aromatic N) is 3. The highest BCUT2D eigenvalue weighted by Crippen LogP contribution is 2.35. The van der Waals surface area contributed by atoms with E-state index in [1.165, 1.54) is 7.11 Å². The molecule has 6 nitrogen and oxygen atoms in total. The molecule has 0 aliphatic heterocycles. The van der Waals surface area contributed by atoms with E-state index < -0.39 is 5.97 Å². The van der Waals surface area contributed by atoms with E-state index in [0.717, 1.165) is 30.0 Å². The number of carbonyl (C=O) groups is 1. The van der Waals surface area contributed by atoms with Crippen LogP contribution in [0.25, 0.3) is 28.6 Å². The summed E-state index contributed by atoms with van der Waals surface area (Å²) in [6, 6.07) is 7.46. The van der Waals surface area contributed by atoms with Crippen molar-refractivity contribution in [2.45, 2.75) is 32.7 Å². The van der Waals surface area contributed by atoms with Gasteiger partial charge in [-0.3, -0.25) is 0 Å². The summed E-state index contributed by atoms with van der Waals surface area (Å²) in [6.45, 7) is 4.19. The van der Waals surface area contributed by atoms with Gasteiger partial charge >= 0.3 is 5.97 Å². The Morgan fingerprint density at radius 3 is 2.75 bits per heavy atom. The van der Waals surface area contributed by atoms with E-state index in [1.807, 2.05) is 13.1 Å². The third-order valence-electron chi connectivity index (χ3n) is 5.09. The summed E-state index contributed by atoms with van der Waals surface area (Å²) in [7, 11) is 3.35. The lowest BCUT2D eigenvalue weighted by molar-refractivity contribution is 0.0601. The highest BCUT2D eigenvalue weighted by molar-refractivity contribution is 5.94. The third-order valence-corrected chi connectivity index (χ3v) is 5.09. The summed E-state index contributed by atoms with van der Waals surface area (Å²) < 4.78 is 11.0. The van der Waals surface area contributed by atoms with Gasteiger partial charge in [0.2, 0.25) is 0 Å². The van der Waals surface area contributed by atoms with E-state index in [1.54, 1.807) is 18.2 Å². The predicted molar refractivity (Wildman–Crippen MR) is 109 cm³/mol. The van der Waals surface area contributed by atoms with Crippen LogP contribution in [0.3, 0.4) is 0 Å². The molecule has 2 aromatic heterocycles. The van der Waals surface area contributed by atoms with Crippen molar-refractivity contribution in [1.29, 1.82) is 0 Å². The number of carbonyl (C=O) groups excluding carboxylic acids is 1. The normalized spacial score (nSPS) is 13.0. The van der Waals surface area contributed by atoms with Crippen molar-refractivity contribution in [3.8, 4) is 11.5 Å². The predicted octanol–water partition coefficient (Wildman–Crippen LogP) is 4.48. The van der Waals surface area contributed by atoms with Gasteiger partial charge in [-0.15, -0.1) is 0 Å². The number of fused-ring (bicyclic) bond motifs is 2. The minimum absolute atomic E-state index is 0.221. The van der Waals surface area contributed by atoms with Gasteiger partial charge in [-0.05, 0) is 44.5 Å². The zero-order chi connectivity index (χ0) is 19.8. The van der Waals surface area contributed by atoms with Crippen molar-refractivity contribution in [3.05, 3.63) is 47.2 Å². The first kappa shape index (κ1) is 18.2. The molecule has 144 valence electrons. The zero-order valence-corrected chi connectivity index (χ0v) is 16.5. The van der Waals surface area contributed by atoms with Crippen LogP contribution in [0.2, 0.25) is 0 Å². The molecule has 0 bridgehead atoms. The molecule has 1 aromatic carbocycles. The van der Waals surface area contributed by atoms with Crippen LogP contribution in [-0.4, -0.2) is 36.1 Å². The first-order valence-corrected chi connectivity index (χ1v) is 9.40. The molecule has 1 aliphatic carbocycles. The van der Waals surface area contributed by atoms with Crippen molar-refractivity contribution in [1.82, 2.24) is 9.97 Å². The summed E-state index contributed by atoms with van der Waals surface area (Å²) in [5, 5.41) is 0. The Hall–Kier alpha value is -3.15. The Labute approximate surface area is 163 Å². The van der Waals surface area contributed by atoms with Crippen LogP contribution in [0.1, 0.15) is 41.9 Å². The SMILES string of the molecule is COC(=O)c1ccc2nc(-c3cc4c(o3)CCC=C4)c(N(C)C(C)C)nc2c1. The first-order valence-electron chi connectivity index (χ1n) is 9.40.